The van der Waals surface area contributed by atoms with Gasteiger partial charge in [-0.25, -0.2) is 4.79 Å². The number of benzene rings is 1. The number of aromatic amines is 1. The predicted octanol–water partition coefficient (Wildman–Crippen LogP) is 3.51. The molecule has 0 aliphatic rings. The smallest absolute Gasteiger partial charge is 0.345 e. The molecule has 0 unspecified atom stereocenters. The monoisotopic (exact) mass is 419 g/mol. The van der Waals surface area contributed by atoms with Gasteiger partial charge in [-0.15, -0.1) is 12.4 Å². The maximum Gasteiger partial charge on any atom is 0.345 e. The van der Waals surface area contributed by atoms with Crippen LogP contribution in [0.5, 0.6) is 5.75 Å². The molecule has 0 fully saturated rings. The Morgan fingerprint density at radius 2 is 1.86 bits per heavy atom. The Labute approximate surface area is 175 Å². The van der Waals surface area contributed by atoms with Gasteiger partial charge in [-0.3, -0.25) is 9.69 Å². The zero-order valence-electron chi connectivity index (χ0n) is 16.9. The summed E-state index contributed by atoms with van der Waals surface area (Å²) >= 11 is 0. The molecule has 2 aromatic heterocycles. The van der Waals surface area contributed by atoms with Crippen LogP contribution >= 0.6 is 12.4 Å². The van der Waals surface area contributed by atoms with Crippen LogP contribution in [0.3, 0.4) is 0 Å². The number of aromatic hydroxyl groups is 1. The van der Waals surface area contributed by atoms with Gasteiger partial charge in [-0.05, 0) is 43.8 Å². The second-order valence-corrected chi connectivity index (χ2v) is 6.91. The third-order valence-corrected chi connectivity index (χ3v) is 5.36. The summed E-state index contributed by atoms with van der Waals surface area (Å²) < 4.78 is 2.15. The molecule has 0 saturated carbocycles. The number of fused-ring (bicyclic) bond motifs is 1. The minimum absolute atomic E-state index is 0. The van der Waals surface area contributed by atoms with Crippen LogP contribution in [0.2, 0.25) is 0 Å². The highest BCUT2D eigenvalue weighted by Crippen LogP contribution is 2.31. The lowest BCUT2D eigenvalue weighted by Crippen LogP contribution is -2.23. The standard InChI is InChI=1S/C21H25N3O4.ClH/c1-5-24(6-2)11-15-10-14-9-13(7-8-16(14)23(15)4)18-12(3)19(25)17(21(27)28)20(26)22-18;/h7-10H,5-6,11H2,1-4H3,(H,27,28)(H2,22,25,26);1H. The molecule has 0 radical (unpaired) electrons. The third kappa shape index (κ3) is 4.02. The summed E-state index contributed by atoms with van der Waals surface area (Å²) in [6.45, 7) is 8.65. The number of nitrogens with one attached hydrogen (secondary N) is 1. The van der Waals surface area contributed by atoms with E-state index in [1.165, 1.54) is 5.69 Å². The molecule has 0 atom stereocenters. The molecular formula is C21H26ClN3O4. The van der Waals surface area contributed by atoms with Gasteiger partial charge in [0, 0.05) is 35.8 Å². The second kappa shape index (κ2) is 8.71. The van der Waals surface area contributed by atoms with E-state index in [1.807, 2.05) is 25.2 Å². The van der Waals surface area contributed by atoms with Crippen molar-refractivity contribution in [3.63, 3.8) is 0 Å². The number of hydrogen-bond acceptors (Lipinski definition) is 4. The number of carboxylic acids is 1. The van der Waals surface area contributed by atoms with E-state index < -0.39 is 22.8 Å². The molecule has 3 aromatic rings. The van der Waals surface area contributed by atoms with Crippen LogP contribution in [0.4, 0.5) is 0 Å². The average Bonchev–Trinajstić information content (AvgIpc) is 2.97. The maximum atomic E-state index is 12.1. The van der Waals surface area contributed by atoms with Crippen LogP contribution in [-0.2, 0) is 13.6 Å². The molecule has 1 aromatic carbocycles. The van der Waals surface area contributed by atoms with E-state index in [0.717, 1.165) is 30.5 Å². The number of rotatable bonds is 6. The Kier molecular flexibility index (Phi) is 6.77. The highest BCUT2D eigenvalue weighted by molar-refractivity contribution is 5.92. The zero-order valence-corrected chi connectivity index (χ0v) is 17.8. The van der Waals surface area contributed by atoms with E-state index in [2.05, 4.69) is 34.4 Å². The first-order valence-electron chi connectivity index (χ1n) is 9.28. The van der Waals surface area contributed by atoms with Gasteiger partial charge < -0.3 is 19.8 Å². The number of hydrogen-bond donors (Lipinski definition) is 3. The van der Waals surface area contributed by atoms with Gasteiger partial charge in [-0.2, -0.15) is 0 Å². The lowest BCUT2D eigenvalue weighted by Gasteiger charge is -2.18. The summed E-state index contributed by atoms with van der Waals surface area (Å²) in [6.07, 6.45) is 0. The lowest BCUT2D eigenvalue weighted by atomic mass is 10.0. The predicted molar refractivity (Wildman–Crippen MR) is 116 cm³/mol. The molecule has 29 heavy (non-hydrogen) atoms. The van der Waals surface area contributed by atoms with Crippen molar-refractivity contribution in [1.29, 1.82) is 0 Å². The first-order valence-corrected chi connectivity index (χ1v) is 9.28. The van der Waals surface area contributed by atoms with Crippen LogP contribution < -0.4 is 5.56 Å². The number of aryl methyl sites for hydroxylation is 1. The van der Waals surface area contributed by atoms with Crippen molar-refractivity contribution in [2.24, 2.45) is 7.05 Å². The summed E-state index contributed by atoms with van der Waals surface area (Å²) in [6, 6.07) is 7.90. The number of halogens is 1. The Balaban J connectivity index is 0.00000300. The molecule has 0 amide bonds. The summed E-state index contributed by atoms with van der Waals surface area (Å²) in [5, 5.41) is 20.3. The topological polar surface area (TPSA) is 98.6 Å². The van der Waals surface area contributed by atoms with Crippen molar-refractivity contribution in [2.45, 2.75) is 27.3 Å². The normalized spacial score (nSPS) is 11.1. The van der Waals surface area contributed by atoms with Gasteiger partial charge >= 0.3 is 5.97 Å². The van der Waals surface area contributed by atoms with Crippen LogP contribution in [0.25, 0.3) is 22.2 Å². The number of pyridine rings is 1. The number of aromatic nitrogens is 2. The van der Waals surface area contributed by atoms with E-state index in [4.69, 9.17) is 5.11 Å². The molecule has 7 nitrogen and oxygen atoms in total. The van der Waals surface area contributed by atoms with Crippen molar-refractivity contribution in [2.75, 3.05) is 13.1 Å². The van der Waals surface area contributed by atoms with Crippen LogP contribution in [0.15, 0.2) is 29.1 Å². The molecule has 3 N–H and O–H groups in total. The maximum absolute atomic E-state index is 12.1. The second-order valence-electron chi connectivity index (χ2n) is 6.91. The van der Waals surface area contributed by atoms with Crippen molar-refractivity contribution in [3.05, 3.63) is 51.4 Å². The number of carbonyl (C=O) groups is 1. The molecule has 0 aliphatic carbocycles. The fourth-order valence-corrected chi connectivity index (χ4v) is 3.56. The van der Waals surface area contributed by atoms with Crippen LogP contribution in [-0.4, -0.2) is 43.7 Å². The Hall–Kier alpha value is -2.77. The van der Waals surface area contributed by atoms with Crippen molar-refractivity contribution < 1.29 is 15.0 Å². The summed E-state index contributed by atoms with van der Waals surface area (Å²) in [4.78, 5) is 28.3. The van der Waals surface area contributed by atoms with Gasteiger partial charge in [-0.1, -0.05) is 19.9 Å². The first-order chi connectivity index (χ1) is 13.3. The molecule has 0 saturated heterocycles. The minimum atomic E-state index is -1.45. The molecule has 156 valence electrons. The van der Waals surface area contributed by atoms with Gasteiger partial charge in [0.1, 0.15) is 5.75 Å². The average molecular weight is 420 g/mol. The minimum Gasteiger partial charge on any atom is -0.506 e. The van der Waals surface area contributed by atoms with Crippen molar-refractivity contribution in [3.8, 4) is 17.0 Å². The fraction of sp³-hybridized carbons (Fsp3) is 0.333. The molecule has 0 aliphatic heterocycles. The Morgan fingerprint density at radius 3 is 2.45 bits per heavy atom. The quantitative estimate of drug-likeness (QED) is 0.567. The van der Waals surface area contributed by atoms with E-state index >= 15 is 0 Å². The van der Waals surface area contributed by atoms with Gasteiger partial charge in [0.15, 0.2) is 5.56 Å². The van der Waals surface area contributed by atoms with Crippen LogP contribution in [0, 0.1) is 6.92 Å². The molecule has 2 heterocycles. The van der Waals surface area contributed by atoms with E-state index in [-0.39, 0.29) is 12.4 Å². The fourth-order valence-electron chi connectivity index (χ4n) is 3.56. The van der Waals surface area contributed by atoms with E-state index in [0.29, 0.717) is 16.8 Å². The number of carboxylic acid groups (broad SMARTS) is 1. The number of H-pyrrole nitrogens is 1. The SMILES string of the molecule is CCN(CC)Cc1cc2cc(-c3[nH]c(=O)c(C(=O)O)c(O)c3C)ccc2n1C.Cl. The molecule has 3 rings (SSSR count). The highest BCUT2D eigenvalue weighted by atomic mass is 35.5. The Morgan fingerprint density at radius 1 is 1.21 bits per heavy atom. The Bertz CT molecular complexity index is 1110. The number of aromatic carboxylic acids is 1. The highest BCUT2D eigenvalue weighted by Gasteiger charge is 2.20. The largest absolute Gasteiger partial charge is 0.506 e. The van der Waals surface area contributed by atoms with Gasteiger partial charge in [0.05, 0.1) is 5.69 Å². The van der Waals surface area contributed by atoms with Crippen molar-refractivity contribution >= 4 is 29.3 Å². The molecule has 0 spiro atoms. The van der Waals surface area contributed by atoms with Crippen LogP contribution in [0.1, 0.15) is 35.5 Å². The van der Waals surface area contributed by atoms with Gasteiger partial charge in [0.25, 0.3) is 5.56 Å². The third-order valence-electron chi connectivity index (χ3n) is 5.36. The van der Waals surface area contributed by atoms with Gasteiger partial charge in [0.2, 0.25) is 0 Å². The summed E-state index contributed by atoms with van der Waals surface area (Å²) in [7, 11) is 2.03. The van der Waals surface area contributed by atoms with E-state index in [9.17, 15) is 14.7 Å². The van der Waals surface area contributed by atoms with E-state index in [1.54, 1.807) is 6.92 Å². The molecular weight excluding hydrogens is 394 g/mol. The molecule has 0 bridgehead atoms. The summed E-state index contributed by atoms with van der Waals surface area (Å²) in [5.74, 6) is -1.95. The van der Waals surface area contributed by atoms with Crippen molar-refractivity contribution in [1.82, 2.24) is 14.5 Å². The zero-order chi connectivity index (χ0) is 20.6. The first kappa shape index (κ1) is 22.5. The number of nitrogens with zero attached hydrogens (tertiary/aromatic N) is 2. The summed E-state index contributed by atoms with van der Waals surface area (Å²) in [5.41, 5.74) is 2.26. The lowest BCUT2D eigenvalue weighted by molar-refractivity contribution is 0.0691. The molecule has 8 heteroatoms.